The number of aryl methyl sites for hydroxylation is 2. The van der Waals surface area contributed by atoms with Crippen LogP contribution >= 0.6 is 0 Å². The molecule has 2 bridgehead atoms. The van der Waals surface area contributed by atoms with Crippen molar-refractivity contribution < 1.29 is 20.4 Å². The predicted molar refractivity (Wildman–Crippen MR) is 121 cm³/mol. The molecule has 0 amide bonds. The summed E-state index contributed by atoms with van der Waals surface area (Å²) in [6.45, 7) is 0. The Bertz CT molecular complexity index is 805. The van der Waals surface area contributed by atoms with Gasteiger partial charge in [-0.05, 0) is 55.0 Å². The summed E-state index contributed by atoms with van der Waals surface area (Å²) in [6, 6.07) is 6.30. The maximum absolute atomic E-state index is 10.7. The Kier molecular flexibility index (Phi) is 8.30. The van der Waals surface area contributed by atoms with Gasteiger partial charge in [-0.1, -0.05) is 64.2 Å². The van der Waals surface area contributed by atoms with E-state index in [4.69, 9.17) is 0 Å². The van der Waals surface area contributed by atoms with Crippen molar-refractivity contribution in [2.24, 2.45) is 0 Å². The zero-order valence-corrected chi connectivity index (χ0v) is 18.0. The Morgan fingerprint density at radius 1 is 0.433 bits per heavy atom. The monoisotopic (exact) mass is 412 g/mol. The first-order valence-electron chi connectivity index (χ1n) is 11.7. The molecule has 2 aliphatic rings. The predicted octanol–water partition coefficient (Wildman–Crippen LogP) is 6.96. The van der Waals surface area contributed by atoms with Crippen LogP contribution in [0.15, 0.2) is 24.3 Å². The number of hydrogen-bond donors (Lipinski definition) is 4. The SMILES string of the molecule is Oc1cc(O)c2c(c1)CCCCCCCCCCCCCCc1cc(O)c-2c(O)c1. The van der Waals surface area contributed by atoms with Crippen molar-refractivity contribution in [2.75, 3.05) is 0 Å². The zero-order chi connectivity index (χ0) is 21.3. The Morgan fingerprint density at radius 3 is 1.40 bits per heavy atom. The molecule has 4 heteroatoms. The highest BCUT2D eigenvalue weighted by Gasteiger charge is 2.20. The van der Waals surface area contributed by atoms with Crippen molar-refractivity contribution in [1.82, 2.24) is 0 Å². The van der Waals surface area contributed by atoms with Gasteiger partial charge in [0, 0.05) is 11.6 Å². The van der Waals surface area contributed by atoms with Crippen molar-refractivity contribution >= 4 is 0 Å². The van der Waals surface area contributed by atoms with Crippen LogP contribution in [-0.4, -0.2) is 20.4 Å². The van der Waals surface area contributed by atoms with Gasteiger partial charge < -0.3 is 20.4 Å². The molecule has 0 saturated heterocycles. The fourth-order valence-electron chi connectivity index (χ4n) is 4.64. The van der Waals surface area contributed by atoms with E-state index >= 15 is 0 Å². The minimum Gasteiger partial charge on any atom is -0.508 e. The molecule has 0 aliphatic heterocycles. The topological polar surface area (TPSA) is 80.9 Å². The van der Waals surface area contributed by atoms with Crippen molar-refractivity contribution in [3.05, 3.63) is 35.4 Å². The molecule has 4 nitrogen and oxygen atoms in total. The van der Waals surface area contributed by atoms with Crippen LogP contribution in [0.25, 0.3) is 11.1 Å². The maximum atomic E-state index is 10.7. The van der Waals surface area contributed by atoms with Gasteiger partial charge in [0.2, 0.25) is 0 Å². The number of benzene rings is 2. The summed E-state index contributed by atoms with van der Waals surface area (Å²) >= 11 is 0. The van der Waals surface area contributed by atoms with E-state index in [9.17, 15) is 20.4 Å². The van der Waals surface area contributed by atoms with Crippen LogP contribution in [0.4, 0.5) is 0 Å². The molecule has 0 heterocycles. The van der Waals surface area contributed by atoms with Crippen molar-refractivity contribution in [3.63, 3.8) is 0 Å². The molecule has 0 saturated carbocycles. The largest absolute Gasteiger partial charge is 0.508 e. The van der Waals surface area contributed by atoms with Crippen molar-refractivity contribution in [2.45, 2.75) is 89.9 Å². The molecule has 4 N–H and O–H groups in total. The third-order valence-electron chi connectivity index (χ3n) is 6.25. The van der Waals surface area contributed by atoms with Crippen LogP contribution in [0.3, 0.4) is 0 Å². The number of hydrogen-bond acceptors (Lipinski definition) is 4. The second-order valence-corrected chi connectivity index (χ2v) is 8.75. The number of phenols is 4. The van der Waals surface area contributed by atoms with E-state index in [1.807, 2.05) is 0 Å². The summed E-state index contributed by atoms with van der Waals surface area (Å²) in [5, 5.41) is 41.9. The number of rotatable bonds is 0. The Labute approximate surface area is 180 Å². The smallest absolute Gasteiger partial charge is 0.127 e. The van der Waals surface area contributed by atoms with Crippen LogP contribution in [0, 0.1) is 0 Å². The Hall–Kier alpha value is -2.36. The van der Waals surface area contributed by atoms with Crippen LogP contribution in [0.2, 0.25) is 0 Å². The number of fused-ring (bicyclic) bond motifs is 15. The third kappa shape index (κ3) is 6.07. The molecule has 0 unspecified atom stereocenters. The fourth-order valence-corrected chi connectivity index (χ4v) is 4.64. The summed E-state index contributed by atoms with van der Waals surface area (Å²) in [5.74, 6) is -0.176. The quantitative estimate of drug-likeness (QED) is 0.377. The van der Waals surface area contributed by atoms with E-state index in [0.29, 0.717) is 12.0 Å². The van der Waals surface area contributed by atoms with Crippen molar-refractivity contribution in [3.8, 4) is 34.1 Å². The molecular weight excluding hydrogens is 376 g/mol. The first kappa shape index (κ1) is 22.3. The normalized spacial score (nSPS) is 17.3. The van der Waals surface area contributed by atoms with E-state index < -0.39 is 0 Å². The lowest BCUT2D eigenvalue weighted by molar-refractivity contribution is 0.441. The van der Waals surface area contributed by atoms with E-state index in [2.05, 4.69) is 0 Å². The summed E-state index contributed by atoms with van der Waals surface area (Å²) in [5.41, 5.74) is 2.33. The average molecular weight is 413 g/mol. The lowest BCUT2D eigenvalue weighted by atomic mass is 9.91. The van der Waals surface area contributed by atoms with Crippen LogP contribution in [-0.2, 0) is 12.8 Å². The fraction of sp³-hybridized carbons (Fsp3) is 0.538. The second kappa shape index (κ2) is 11.1. The lowest BCUT2D eigenvalue weighted by Crippen LogP contribution is -1.95. The molecule has 0 spiro atoms. The van der Waals surface area contributed by atoms with Gasteiger partial charge in [0.1, 0.15) is 23.0 Å². The van der Waals surface area contributed by atoms with Gasteiger partial charge in [-0.15, -0.1) is 0 Å². The molecule has 0 radical (unpaired) electrons. The van der Waals surface area contributed by atoms with Gasteiger partial charge in [-0.3, -0.25) is 0 Å². The first-order chi connectivity index (χ1) is 14.6. The van der Waals surface area contributed by atoms with E-state index in [0.717, 1.165) is 43.2 Å². The minimum atomic E-state index is -0.120. The number of aromatic hydroxyl groups is 4. The summed E-state index contributed by atoms with van der Waals surface area (Å²) < 4.78 is 0. The van der Waals surface area contributed by atoms with E-state index in [-0.39, 0.29) is 28.6 Å². The van der Waals surface area contributed by atoms with Crippen LogP contribution < -0.4 is 0 Å². The minimum absolute atomic E-state index is 0.00342. The first-order valence-corrected chi connectivity index (χ1v) is 11.7. The molecule has 30 heavy (non-hydrogen) atoms. The molecule has 0 aromatic heterocycles. The Morgan fingerprint density at radius 2 is 0.867 bits per heavy atom. The highest BCUT2D eigenvalue weighted by atomic mass is 16.3. The molecule has 4 rings (SSSR count). The molecular formula is C26H36O4. The highest BCUT2D eigenvalue weighted by Crippen LogP contribution is 2.46. The Balaban J connectivity index is 1.88. The second-order valence-electron chi connectivity index (χ2n) is 8.75. The number of phenolic OH excluding ortho intramolecular Hbond substituents is 4. The van der Waals surface area contributed by atoms with Crippen molar-refractivity contribution in [1.29, 1.82) is 0 Å². The molecule has 2 aliphatic carbocycles. The summed E-state index contributed by atoms with van der Waals surface area (Å²) in [6.07, 6.45) is 16.0. The van der Waals surface area contributed by atoms with Gasteiger partial charge in [-0.2, -0.15) is 0 Å². The van der Waals surface area contributed by atoms with Gasteiger partial charge in [0.15, 0.2) is 0 Å². The van der Waals surface area contributed by atoms with Gasteiger partial charge in [-0.25, -0.2) is 0 Å². The third-order valence-corrected chi connectivity index (χ3v) is 6.25. The molecule has 2 aromatic rings. The molecule has 0 atom stereocenters. The lowest BCUT2D eigenvalue weighted by Gasteiger charge is -2.16. The van der Waals surface area contributed by atoms with Gasteiger partial charge in [0.05, 0.1) is 5.56 Å². The summed E-state index contributed by atoms with van der Waals surface area (Å²) in [4.78, 5) is 0. The maximum Gasteiger partial charge on any atom is 0.127 e. The average Bonchev–Trinajstić information content (AvgIpc) is 2.68. The van der Waals surface area contributed by atoms with Gasteiger partial charge >= 0.3 is 0 Å². The molecule has 2 aromatic carbocycles. The van der Waals surface area contributed by atoms with E-state index in [1.54, 1.807) is 18.2 Å². The molecule has 0 fully saturated rings. The van der Waals surface area contributed by atoms with E-state index in [1.165, 1.54) is 57.4 Å². The summed E-state index contributed by atoms with van der Waals surface area (Å²) in [7, 11) is 0. The zero-order valence-electron chi connectivity index (χ0n) is 18.0. The van der Waals surface area contributed by atoms with Crippen LogP contribution in [0.5, 0.6) is 23.0 Å². The highest BCUT2D eigenvalue weighted by molar-refractivity contribution is 5.84. The molecule has 164 valence electrons. The van der Waals surface area contributed by atoms with Crippen LogP contribution in [0.1, 0.15) is 88.2 Å². The van der Waals surface area contributed by atoms with Gasteiger partial charge in [0.25, 0.3) is 0 Å². The standard InChI is InChI=1S/C26H36O4/c27-21-17-20-14-12-10-8-6-4-2-1-3-5-7-9-11-13-19-15-22(28)26(23(29)16-19)25(20)24(30)18-21/h15-18,27-30H,1-14H2.